The Morgan fingerprint density at radius 2 is 1.92 bits per heavy atom. The molecule has 0 rings (SSSR count). The van der Waals surface area contributed by atoms with Crippen LogP contribution in [0.25, 0.3) is 0 Å². The van der Waals surface area contributed by atoms with Crippen LogP contribution >= 0.6 is 25.3 Å². The summed E-state index contributed by atoms with van der Waals surface area (Å²) in [7, 11) is 0. The standard InChI is InChI=1S/C18H34N2O4S2/c1-14(15(9-12-21)7-5-6-8-16(25)26)20(13-22)11-10-19-17(23)24-18(2,3)4/h13,16,21,25-26H,5-12H2,1-4H3,(H,19,23). The van der Waals surface area contributed by atoms with Crippen LogP contribution in [0.1, 0.15) is 59.8 Å². The van der Waals surface area contributed by atoms with Crippen LogP contribution in [0, 0.1) is 0 Å². The lowest BCUT2D eigenvalue weighted by atomic mass is 10.0. The molecule has 26 heavy (non-hydrogen) atoms. The molecule has 0 unspecified atom stereocenters. The van der Waals surface area contributed by atoms with Crippen molar-refractivity contribution in [3.8, 4) is 0 Å². The maximum Gasteiger partial charge on any atom is 0.407 e. The van der Waals surface area contributed by atoms with Crippen LogP contribution in [-0.4, -0.2) is 52.4 Å². The molecule has 0 saturated carbocycles. The molecule has 6 nitrogen and oxygen atoms in total. The number of aliphatic hydroxyl groups is 1. The fourth-order valence-corrected chi connectivity index (χ4v) is 2.75. The molecule has 2 amide bonds. The van der Waals surface area contributed by atoms with E-state index in [1.165, 1.54) is 0 Å². The maximum absolute atomic E-state index is 11.7. The molecule has 152 valence electrons. The zero-order valence-corrected chi connectivity index (χ0v) is 18.1. The summed E-state index contributed by atoms with van der Waals surface area (Å²) in [5.74, 6) is 0. The van der Waals surface area contributed by atoms with Gasteiger partial charge in [0.1, 0.15) is 5.60 Å². The van der Waals surface area contributed by atoms with E-state index in [9.17, 15) is 14.7 Å². The van der Waals surface area contributed by atoms with Crippen LogP contribution in [0.2, 0.25) is 0 Å². The van der Waals surface area contributed by atoms with Crippen molar-refractivity contribution in [2.24, 2.45) is 0 Å². The number of allylic oxidation sites excluding steroid dienone is 1. The van der Waals surface area contributed by atoms with Gasteiger partial charge >= 0.3 is 6.09 Å². The number of carbonyl (C=O) groups is 2. The molecule has 0 heterocycles. The number of thiol groups is 2. The molecule has 0 aromatic rings. The summed E-state index contributed by atoms with van der Waals surface area (Å²) in [6.07, 6.45) is 4.43. The highest BCUT2D eigenvalue weighted by molar-refractivity contribution is 7.99. The Balaban J connectivity index is 4.64. The minimum Gasteiger partial charge on any atom is -0.444 e. The monoisotopic (exact) mass is 406 g/mol. The van der Waals surface area contributed by atoms with E-state index < -0.39 is 11.7 Å². The van der Waals surface area contributed by atoms with Gasteiger partial charge in [-0.05, 0) is 59.0 Å². The molecule has 0 atom stereocenters. The number of unbranched alkanes of at least 4 members (excludes halogenated alkanes) is 1. The van der Waals surface area contributed by atoms with E-state index in [0.717, 1.165) is 43.4 Å². The summed E-state index contributed by atoms with van der Waals surface area (Å²) in [4.78, 5) is 24.7. The predicted octanol–water partition coefficient (Wildman–Crippen LogP) is 3.37. The van der Waals surface area contributed by atoms with Gasteiger partial charge in [-0.2, -0.15) is 25.3 Å². The van der Waals surface area contributed by atoms with E-state index >= 15 is 0 Å². The summed E-state index contributed by atoms with van der Waals surface area (Å²) in [5.41, 5.74) is 1.32. The maximum atomic E-state index is 11.7. The number of carbonyl (C=O) groups excluding carboxylic acids is 2. The fraction of sp³-hybridized carbons (Fsp3) is 0.778. The highest BCUT2D eigenvalue weighted by Gasteiger charge is 2.16. The van der Waals surface area contributed by atoms with Crippen molar-refractivity contribution < 1.29 is 19.4 Å². The van der Waals surface area contributed by atoms with Gasteiger partial charge in [0.25, 0.3) is 0 Å². The van der Waals surface area contributed by atoms with E-state index in [-0.39, 0.29) is 11.2 Å². The molecular formula is C18H34N2O4S2. The Labute approximate surface area is 168 Å². The number of hydrogen-bond donors (Lipinski definition) is 4. The van der Waals surface area contributed by atoms with Gasteiger partial charge in [-0.1, -0.05) is 6.42 Å². The summed E-state index contributed by atoms with van der Waals surface area (Å²) in [6, 6.07) is 0. The molecule has 0 radical (unpaired) electrons. The van der Waals surface area contributed by atoms with Crippen LogP contribution in [0.3, 0.4) is 0 Å². The zero-order chi connectivity index (χ0) is 20.2. The molecule has 0 saturated heterocycles. The van der Waals surface area contributed by atoms with Crippen molar-refractivity contribution in [2.45, 2.75) is 70.0 Å². The quantitative estimate of drug-likeness (QED) is 0.173. The third-order valence-corrected chi connectivity index (χ3v) is 4.21. The van der Waals surface area contributed by atoms with Crippen molar-refractivity contribution in [1.82, 2.24) is 10.2 Å². The van der Waals surface area contributed by atoms with Crippen LogP contribution < -0.4 is 5.32 Å². The molecule has 0 bridgehead atoms. The molecule has 0 spiro atoms. The predicted molar refractivity (Wildman–Crippen MR) is 112 cm³/mol. The Kier molecular flexibility index (Phi) is 12.9. The van der Waals surface area contributed by atoms with Crippen molar-refractivity contribution in [3.63, 3.8) is 0 Å². The van der Waals surface area contributed by atoms with Gasteiger partial charge in [0.2, 0.25) is 6.41 Å². The smallest absolute Gasteiger partial charge is 0.407 e. The number of aliphatic hydroxyl groups excluding tert-OH is 1. The number of amides is 2. The first-order valence-electron chi connectivity index (χ1n) is 8.95. The van der Waals surface area contributed by atoms with Gasteiger partial charge in [0.15, 0.2) is 0 Å². The largest absolute Gasteiger partial charge is 0.444 e. The first kappa shape index (κ1) is 25.1. The Hall–Kier alpha value is -0.860. The summed E-state index contributed by atoms with van der Waals surface area (Å²) >= 11 is 8.49. The number of alkyl carbamates (subject to hydrolysis) is 1. The number of nitrogens with one attached hydrogen (secondary N) is 1. The average Bonchev–Trinajstić information content (AvgIpc) is 2.52. The topological polar surface area (TPSA) is 78.9 Å². The molecule has 0 aliphatic carbocycles. The molecule has 0 aromatic carbocycles. The van der Waals surface area contributed by atoms with Crippen LogP contribution in [0.4, 0.5) is 4.79 Å². The van der Waals surface area contributed by atoms with E-state index in [0.29, 0.717) is 19.5 Å². The number of hydrogen-bond acceptors (Lipinski definition) is 6. The fourth-order valence-electron chi connectivity index (χ4n) is 2.38. The first-order valence-corrected chi connectivity index (χ1v) is 9.98. The first-order chi connectivity index (χ1) is 12.1. The number of nitrogens with zero attached hydrogens (tertiary/aromatic N) is 1. The van der Waals surface area contributed by atoms with Gasteiger partial charge in [-0.15, -0.1) is 0 Å². The summed E-state index contributed by atoms with van der Waals surface area (Å²) < 4.78 is 5.25. The second-order valence-corrected chi connectivity index (χ2v) is 8.77. The Morgan fingerprint density at radius 3 is 2.42 bits per heavy atom. The second kappa shape index (κ2) is 13.3. The molecule has 0 aliphatic rings. The highest BCUT2D eigenvalue weighted by Crippen LogP contribution is 2.20. The molecule has 2 N–H and O–H groups in total. The van der Waals surface area contributed by atoms with E-state index in [4.69, 9.17) is 4.74 Å². The van der Waals surface area contributed by atoms with Gasteiger partial charge in [-0.3, -0.25) is 4.79 Å². The Bertz CT molecular complexity index is 463. The lowest BCUT2D eigenvalue weighted by Crippen LogP contribution is -2.37. The van der Waals surface area contributed by atoms with Gasteiger partial charge < -0.3 is 20.1 Å². The highest BCUT2D eigenvalue weighted by atomic mass is 32.2. The lowest BCUT2D eigenvalue weighted by Gasteiger charge is -2.23. The van der Waals surface area contributed by atoms with Gasteiger partial charge in [0, 0.05) is 30.0 Å². The van der Waals surface area contributed by atoms with Gasteiger partial charge in [0.05, 0.1) is 0 Å². The average molecular weight is 407 g/mol. The molecule has 0 aromatic heterocycles. The second-order valence-electron chi connectivity index (χ2n) is 7.12. The third-order valence-electron chi connectivity index (χ3n) is 3.70. The van der Waals surface area contributed by atoms with Crippen molar-refractivity contribution in [3.05, 3.63) is 11.3 Å². The van der Waals surface area contributed by atoms with Crippen molar-refractivity contribution in [2.75, 3.05) is 19.7 Å². The minimum atomic E-state index is -0.558. The van der Waals surface area contributed by atoms with Crippen LogP contribution in [0.15, 0.2) is 11.3 Å². The normalized spacial score (nSPS) is 12.6. The summed E-state index contributed by atoms with van der Waals surface area (Å²) in [5, 5.41) is 11.9. The summed E-state index contributed by atoms with van der Waals surface area (Å²) in [6.45, 7) is 7.92. The number of ether oxygens (including phenoxy) is 1. The molecule has 0 aliphatic heterocycles. The van der Waals surface area contributed by atoms with Crippen molar-refractivity contribution >= 4 is 37.8 Å². The van der Waals surface area contributed by atoms with Crippen molar-refractivity contribution in [1.29, 1.82) is 0 Å². The van der Waals surface area contributed by atoms with Crippen LogP contribution in [0.5, 0.6) is 0 Å². The van der Waals surface area contributed by atoms with Gasteiger partial charge in [-0.25, -0.2) is 4.79 Å². The SMILES string of the molecule is CC(=C(CCO)CCCCC(S)S)N(C=O)CCNC(=O)OC(C)(C)C. The van der Waals surface area contributed by atoms with Crippen LogP contribution in [-0.2, 0) is 9.53 Å². The molecular weight excluding hydrogens is 372 g/mol. The Morgan fingerprint density at radius 1 is 1.27 bits per heavy atom. The zero-order valence-electron chi connectivity index (χ0n) is 16.3. The lowest BCUT2D eigenvalue weighted by molar-refractivity contribution is -0.116. The minimum absolute atomic E-state index is 0.0390. The number of rotatable bonds is 12. The van der Waals surface area contributed by atoms with E-state index in [2.05, 4.69) is 30.6 Å². The van der Waals surface area contributed by atoms with E-state index in [1.54, 1.807) is 25.7 Å². The molecule has 0 fully saturated rings. The molecule has 8 heteroatoms. The van der Waals surface area contributed by atoms with E-state index in [1.807, 2.05) is 6.92 Å². The third kappa shape index (κ3) is 12.5.